The third-order valence-corrected chi connectivity index (χ3v) is 8.29. The maximum absolute atomic E-state index is 12.9. The summed E-state index contributed by atoms with van der Waals surface area (Å²) in [6.45, 7) is 3.57. The van der Waals surface area contributed by atoms with E-state index in [1.54, 1.807) is 0 Å². The normalized spacial score (nSPS) is 32.3. The molecule has 1 heterocycles. The Kier molecular flexibility index (Phi) is 4.23. The van der Waals surface area contributed by atoms with Gasteiger partial charge in [-0.05, 0) is 86.9 Å². The summed E-state index contributed by atoms with van der Waals surface area (Å²) in [4.78, 5) is 15.6. The number of piperidine rings is 1. The molecule has 5 aliphatic rings. The Hall–Kier alpha value is -1.87. The molecule has 0 aromatic heterocycles. The lowest BCUT2D eigenvalue weighted by Gasteiger charge is -2.41. The van der Waals surface area contributed by atoms with Crippen molar-refractivity contribution in [2.45, 2.75) is 56.4 Å². The summed E-state index contributed by atoms with van der Waals surface area (Å²) in [7, 11) is 0. The molecule has 2 saturated carbocycles. The van der Waals surface area contributed by atoms with Gasteiger partial charge in [0.15, 0.2) is 0 Å². The lowest BCUT2D eigenvalue weighted by molar-refractivity contribution is -0.115. The van der Waals surface area contributed by atoms with Crippen LogP contribution in [0.2, 0.25) is 0 Å². The van der Waals surface area contributed by atoms with Gasteiger partial charge in [-0.2, -0.15) is 0 Å². The number of likely N-dealkylation sites (tertiary alicyclic amines) is 1. The summed E-state index contributed by atoms with van der Waals surface area (Å²) >= 11 is 0. The molecule has 1 saturated heterocycles. The smallest absolute Gasteiger partial charge is 0.251 e. The third kappa shape index (κ3) is 3.18. The van der Waals surface area contributed by atoms with E-state index in [9.17, 15) is 4.79 Å². The van der Waals surface area contributed by atoms with Gasteiger partial charge >= 0.3 is 0 Å². The van der Waals surface area contributed by atoms with Gasteiger partial charge in [0.2, 0.25) is 0 Å². The molecular weight excluding hydrogens is 356 g/mol. The van der Waals surface area contributed by atoms with Crippen LogP contribution in [0.5, 0.6) is 0 Å². The van der Waals surface area contributed by atoms with Crippen molar-refractivity contribution < 1.29 is 6.22 Å². The average Bonchev–Trinajstić information content (AvgIpc) is 3.39. The summed E-state index contributed by atoms with van der Waals surface area (Å²) in [5.74, 6) is 2.70. The van der Waals surface area contributed by atoms with Crippen molar-refractivity contribution >= 4 is 11.5 Å². The van der Waals surface area contributed by atoms with Crippen LogP contribution in [0, 0.1) is 17.8 Å². The largest absolute Gasteiger partial charge is 0.349 e. The second kappa shape index (κ2) is 6.84. The van der Waals surface area contributed by atoms with Crippen LogP contribution < -0.4 is 5.32 Å². The molecule has 3 heteroatoms. The predicted octanol–water partition coefficient (Wildman–Crippen LogP) is 4.54. The van der Waals surface area contributed by atoms with Gasteiger partial charge in [-0.1, -0.05) is 42.5 Å². The Morgan fingerprint density at radius 1 is 1.10 bits per heavy atom. The van der Waals surface area contributed by atoms with E-state index in [1.165, 1.54) is 36.9 Å². The number of fused-ring (bicyclic) bond motifs is 4. The number of hydrogen-bond acceptors (Lipinski definition) is 2. The SMILES string of the molecule is O=C(NC1CC1)C1=CC2(CCN(CC3CCC4C=CC3C4)CC2)c2ccccc21.[HH]. The first-order valence-corrected chi connectivity index (χ1v) is 11.7. The summed E-state index contributed by atoms with van der Waals surface area (Å²) < 4.78 is 0. The molecule has 2 bridgehead atoms. The highest BCUT2D eigenvalue weighted by Crippen LogP contribution is 2.48. The first-order chi connectivity index (χ1) is 14.2. The van der Waals surface area contributed by atoms with Crippen molar-refractivity contribution in [3.05, 3.63) is 53.6 Å². The van der Waals surface area contributed by atoms with Crippen LogP contribution in [0.1, 0.15) is 57.5 Å². The van der Waals surface area contributed by atoms with Crippen molar-refractivity contribution in [2.24, 2.45) is 17.8 Å². The molecule has 3 nitrogen and oxygen atoms in total. The topological polar surface area (TPSA) is 32.3 Å². The van der Waals surface area contributed by atoms with Gasteiger partial charge in [0, 0.05) is 25.0 Å². The molecule has 1 spiro atoms. The average molecular weight is 391 g/mol. The standard InChI is InChI=1S/C26H32N2O.H2/c29-25(27-21-9-10-21)23-16-26(24-4-2-1-3-22(23)24)11-13-28(14-12-26)17-20-8-6-18-5-7-19(20)15-18;/h1-5,7,16,18-21H,6,8-15,17H2,(H,27,29);1H. The van der Waals surface area contributed by atoms with Crippen LogP contribution in [0.3, 0.4) is 0 Å². The van der Waals surface area contributed by atoms with E-state index in [1.807, 2.05) is 0 Å². The predicted molar refractivity (Wildman–Crippen MR) is 119 cm³/mol. The summed E-state index contributed by atoms with van der Waals surface area (Å²) in [5, 5.41) is 3.21. The van der Waals surface area contributed by atoms with Crippen molar-refractivity contribution in [2.75, 3.05) is 19.6 Å². The Balaban J connectivity index is 0.00000193. The van der Waals surface area contributed by atoms with Crippen molar-refractivity contribution in [1.29, 1.82) is 0 Å². The molecule has 4 aliphatic carbocycles. The maximum Gasteiger partial charge on any atom is 0.251 e. The van der Waals surface area contributed by atoms with Crippen LogP contribution in [0.15, 0.2) is 42.5 Å². The molecule has 29 heavy (non-hydrogen) atoms. The molecule has 1 aromatic carbocycles. The lowest BCUT2D eigenvalue weighted by atomic mass is 9.74. The van der Waals surface area contributed by atoms with E-state index in [2.05, 4.69) is 52.7 Å². The molecule has 1 aliphatic heterocycles. The van der Waals surface area contributed by atoms with Gasteiger partial charge in [-0.25, -0.2) is 0 Å². The Morgan fingerprint density at radius 2 is 1.93 bits per heavy atom. The highest BCUT2D eigenvalue weighted by molar-refractivity contribution is 6.21. The van der Waals surface area contributed by atoms with Gasteiger partial charge in [-0.15, -0.1) is 0 Å². The van der Waals surface area contributed by atoms with E-state index in [-0.39, 0.29) is 12.7 Å². The van der Waals surface area contributed by atoms with Gasteiger partial charge in [0.1, 0.15) is 0 Å². The van der Waals surface area contributed by atoms with Crippen molar-refractivity contribution in [3.63, 3.8) is 0 Å². The van der Waals surface area contributed by atoms with Crippen LogP contribution in [0.4, 0.5) is 0 Å². The minimum Gasteiger partial charge on any atom is -0.349 e. The Bertz CT molecular complexity index is 879. The molecule has 3 atom stereocenters. The molecule has 154 valence electrons. The fraction of sp³-hybridized carbons (Fsp3) is 0.577. The minimum absolute atomic E-state index is 0. The first kappa shape index (κ1) is 17.9. The second-order valence-electron chi connectivity index (χ2n) is 10.2. The van der Waals surface area contributed by atoms with Gasteiger partial charge in [-0.3, -0.25) is 4.79 Å². The van der Waals surface area contributed by atoms with Crippen LogP contribution in [-0.2, 0) is 10.2 Å². The molecule has 1 N–H and O–H groups in total. The van der Waals surface area contributed by atoms with E-state index in [0.717, 1.165) is 62.1 Å². The zero-order chi connectivity index (χ0) is 19.4. The summed E-state index contributed by atoms with van der Waals surface area (Å²) in [6, 6.07) is 9.06. The molecule has 1 aromatic rings. The quantitative estimate of drug-likeness (QED) is 0.765. The van der Waals surface area contributed by atoms with Crippen LogP contribution in [-0.4, -0.2) is 36.5 Å². The van der Waals surface area contributed by atoms with Gasteiger partial charge < -0.3 is 10.2 Å². The number of carbonyl (C=O) groups is 1. The fourth-order valence-electron chi connectivity index (χ4n) is 6.38. The molecule has 1 amide bonds. The number of nitrogens with one attached hydrogen (secondary N) is 1. The van der Waals surface area contributed by atoms with E-state index >= 15 is 0 Å². The third-order valence-electron chi connectivity index (χ3n) is 8.29. The lowest BCUT2D eigenvalue weighted by Crippen LogP contribution is -2.44. The van der Waals surface area contributed by atoms with Crippen LogP contribution >= 0.6 is 0 Å². The molecule has 3 fully saturated rings. The highest BCUT2D eigenvalue weighted by atomic mass is 16.1. The van der Waals surface area contributed by atoms with E-state index in [4.69, 9.17) is 0 Å². The minimum atomic E-state index is 0. The number of allylic oxidation sites excluding steroid dienone is 3. The number of hydrogen-bond donors (Lipinski definition) is 1. The maximum atomic E-state index is 12.9. The Morgan fingerprint density at radius 3 is 2.76 bits per heavy atom. The molecule has 6 rings (SSSR count). The van der Waals surface area contributed by atoms with Crippen molar-refractivity contribution in [3.8, 4) is 0 Å². The second-order valence-corrected chi connectivity index (χ2v) is 10.2. The van der Waals surface area contributed by atoms with Crippen molar-refractivity contribution in [1.82, 2.24) is 10.2 Å². The summed E-state index contributed by atoms with van der Waals surface area (Å²) in [5.41, 5.74) is 3.55. The summed E-state index contributed by atoms with van der Waals surface area (Å²) in [6.07, 6.45) is 16.1. The Labute approximate surface area is 175 Å². The number of rotatable bonds is 4. The highest BCUT2D eigenvalue weighted by Gasteiger charge is 2.43. The number of nitrogens with zero attached hydrogens (tertiary/aromatic N) is 1. The van der Waals surface area contributed by atoms with Crippen LogP contribution in [0.25, 0.3) is 5.57 Å². The van der Waals surface area contributed by atoms with E-state index in [0.29, 0.717) is 6.04 Å². The number of carbonyl (C=O) groups excluding carboxylic acids is 1. The zero-order valence-corrected chi connectivity index (χ0v) is 17.3. The molecule has 0 radical (unpaired) electrons. The number of benzene rings is 1. The van der Waals surface area contributed by atoms with Gasteiger partial charge in [0.25, 0.3) is 5.91 Å². The monoisotopic (exact) mass is 390 g/mol. The first-order valence-electron chi connectivity index (χ1n) is 11.7. The fourth-order valence-corrected chi connectivity index (χ4v) is 6.38. The number of amides is 1. The molecular formula is C26H34N2O. The zero-order valence-electron chi connectivity index (χ0n) is 17.3. The molecule has 3 unspecified atom stereocenters. The van der Waals surface area contributed by atoms with Gasteiger partial charge in [0.05, 0.1) is 0 Å². The van der Waals surface area contributed by atoms with E-state index < -0.39 is 0 Å².